The quantitative estimate of drug-likeness (QED) is 0.417. The van der Waals surface area contributed by atoms with Crippen LogP contribution in [0.2, 0.25) is 0 Å². The van der Waals surface area contributed by atoms with Crippen LogP contribution in [0.3, 0.4) is 0 Å². The molecule has 6 heteroatoms. The molecule has 0 radical (unpaired) electrons. The molecule has 0 aliphatic carbocycles. The van der Waals surface area contributed by atoms with Crippen molar-refractivity contribution >= 4 is 33.5 Å². The molecule has 2 heterocycles. The van der Waals surface area contributed by atoms with Gasteiger partial charge in [-0.2, -0.15) is 0 Å². The third-order valence-electron chi connectivity index (χ3n) is 5.08. The summed E-state index contributed by atoms with van der Waals surface area (Å²) in [5, 5.41) is 3.72. The SMILES string of the molecule is Cc1ccc(-c2cc(C(=O)Nc3ccc4[nH]c(=O)[nH]c4c3)c3ccccc3n2)cc1. The largest absolute Gasteiger partial charge is 0.323 e. The molecule has 0 unspecified atom stereocenters. The number of hydrogen-bond acceptors (Lipinski definition) is 3. The molecule has 1 amide bonds. The van der Waals surface area contributed by atoms with Crippen molar-refractivity contribution in [2.24, 2.45) is 0 Å². The van der Waals surface area contributed by atoms with Gasteiger partial charge in [0.25, 0.3) is 5.91 Å². The summed E-state index contributed by atoms with van der Waals surface area (Å²) in [5.41, 5.74) is 5.79. The number of imidazole rings is 1. The smallest absolute Gasteiger partial charge is 0.322 e. The van der Waals surface area contributed by atoms with Gasteiger partial charge in [-0.05, 0) is 37.3 Å². The average molecular weight is 394 g/mol. The highest BCUT2D eigenvalue weighted by Gasteiger charge is 2.14. The van der Waals surface area contributed by atoms with Crippen LogP contribution >= 0.6 is 0 Å². The van der Waals surface area contributed by atoms with E-state index >= 15 is 0 Å². The molecule has 0 spiro atoms. The van der Waals surface area contributed by atoms with Crippen LogP contribution < -0.4 is 11.0 Å². The lowest BCUT2D eigenvalue weighted by molar-refractivity contribution is 0.102. The number of nitrogens with zero attached hydrogens (tertiary/aromatic N) is 1. The Morgan fingerprint density at radius 1 is 0.900 bits per heavy atom. The van der Waals surface area contributed by atoms with Gasteiger partial charge in [0, 0.05) is 16.6 Å². The number of aromatic nitrogens is 3. The van der Waals surface area contributed by atoms with Crippen molar-refractivity contribution in [2.45, 2.75) is 6.92 Å². The van der Waals surface area contributed by atoms with Crippen LogP contribution in [0.1, 0.15) is 15.9 Å². The normalized spacial score (nSPS) is 11.1. The van der Waals surface area contributed by atoms with E-state index in [-0.39, 0.29) is 11.6 Å². The van der Waals surface area contributed by atoms with E-state index < -0.39 is 0 Å². The van der Waals surface area contributed by atoms with Crippen LogP contribution in [0.5, 0.6) is 0 Å². The molecule has 5 rings (SSSR count). The molecular formula is C24H18N4O2. The molecule has 6 nitrogen and oxygen atoms in total. The maximum absolute atomic E-state index is 13.2. The third kappa shape index (κ3) is 3.24. The van der Waals surface area contributed by atoms with Crippen molar-refractivity contribution in [1.82, 2.24) is 15.0 Å². The van der Waals surface area contributed by atoms with Crippen LogP contribution in [0.4, 0.5) is 5.69 Å². The Kier molecular flexibility index (Phi) is 4.17. The molecule has 2 aromatic heterocycles. The second-order valence-electron chi connectivity index (χ2n) is 7.23. The maximum Gasteiger partial charge on any atom is 0.323 e. The number of aromatic amines is 2. The van der Waals surface area contributed by atoms with Crippen molar-refractivity contribution in [1.29, 1.82) is 0 Å². The highest BCUT2D eigenvalue weighted by Crippen LogP contribution is 2.26. The number of carbonyl (C=O) groups excluding carboxylic acids is 1. The van der Waals surface area contributed by atoms with E-state index in [1.807, 2.05) is 61.5 Å². The number of aryl methyl sites for hydroxylation is 1. The topological polar surface area (TPSA) is 90.6 Å². The zero-order valence-electron chi connectivity index (χ0n) is 16.2. The highest BCUT2D eigenvalue weighted by molar-refractivity contribution is 6.13. The Morgan fingerprint density at radius 2 is 1.67 bits per heavy atom. The first-order chi connectivity index (χ1) is 14.6. The lowest BCUT2D eigenvalue weighted by Crippen LogP contribution is -2.13. The van der Waals surface area contributed by atoms with Gasteiger partial charge < -0.3 is 15.3 Å². The Balaban J connectivity index is 1.58. The molecule has 3 N–H and O–H groups in total. The van der Waals surface area contributed by atoms with Crippen molar-refractivity contribution in [3.05, 3.63) is 94.4 Å². The van der Waals surface area contributed by atoms with Crippen molar-refractivity contribution < 1.29 is 4.79 Å². The number of hydrogen-bond donors (Lipinski definition) is 3. The van der Waals surface area contributed by atoms with Crippen LogP contribution in [-0.4, -0.2) is 20.9 Å². The Bertz CT molecular complexity index is 1460. The van der Waals surface area contributed by atoms with E-state index in [0.717, 1.165) is 27.7 Å². The molecule has 0 fully saturated rings. The predicted octanol–water partition coefficient (Wildman–Crippen LogP) is 4.63. The van der Waals surface area contributed by atoms with Gasteiger partial charge in [0.05, 0.1) is 27.8 Å². The van der Waals surface area contributed by atoms with Gasteiger partial charge in [-0.1, -0.05) is 48.0 Å². The van der Waals surface area contributed by atoms with Gasteiger partial charge in [0.15, 0.2) is 0 Å². The molecular weight excluding hydrogens is 376 g/mol. The minimum absolute atomic E-state index is 0.237. The first-order valence-electron chi connectivity index (χ1n) is 9.57. The summed E-state index contributed by atoms with van der Waals surface area (Å²) >= 11 is 0. The van der Waals surface area contributed by atoms with Crippen LogP contribution in [0.15, 0.2) is 77.6 Å². The summed E-state index contributed by atoms with van der Waals surface area (Å²) in [7, 11) is 0. The lowest BCUT2D eigenvalue weighted by Gasteiger charge is -2.11. The summed E-state index contributed by atoms with van der Waals surface area (Å²) in [5.74, 6) is -0.237. The summed E-state index contributed by atoms with van der Waals surface area (Å²) in [6.45, 7) is 2.03. The number of anilines is 1. The number of fused-ring (bicyclic) bond motifs is 2. The van der Waals surface area contributed by atoms with Crippen LogP contribution in [0, 0.1) is 6.92 Å². The molecule has 0 aliphatic rings. The van der Waals surface area contributed by atoms with Gasteiger partial charge in [-0.25, -0.2) is 9.78 Å². The molecule has 0 atom stereocenters. The predicted molar refractivity (Wildman–Crippen MR) is 119 cm³/mol. The van der Waals surface area contributed by atoms with Gasteiger partial charge in [-0.15, -0.1) is 0 Å². The van der Waals surface area contributed by atoms with Gasteiger partial charge in [0.1, 0.15) is 0 Å². The summed E-state index contributed by atoms with van der Waals surface area (Å²) in [6.07, 6.45) is 0. The summed E-state index contributed by atoms with van der Waals surface area (Å²) in [6, 6.07) is 22.7. The van der Waals surface area contributed by atoms with E-state index in [1.165, 1.54) is 0 Å². The van der Waals surface area contributed by atoms with Crippen molar-refractivity contribution in [3.8, 4) is 11.3 Å². The van der Waals surface area contributed by atoms with E-state index in [9.17, 15) is 9.59 Å². The Hall–Kier alpha value is -4.19. The molecule has 0 bridgehead atoms. The molecule has 0 aliphatic heterocycles. The molecule has 0 saturated carbocycles. The van der Waals surface area contributed by atoms with Crippen LogP contribution in [-0.2, 0) is 0 Å². The lowest BCUT2D eigenvalue weighted by atomic mass is 10.0. The number of H-pyrrole nitrogens is 2. The van der Waals surface area contributed by atoms with Gasteiger partial charge in [0.2, 0.25) is 0 Å². The van der Waals surface area contributed by atoms with E-state index in [4.69, 9.17) is 4.98 Å². The number of rotatable bonds is 3. The fourth-order valence-corrected chi connectivity index (χ4v) is 3.54. The Labute approximate surface area is 171 Å². The average Bonchev–Trinajstić information content (AvgIpc) is 3.12. The second-order valence-corrected chi connectivity index (χ2v) is 7.23. The summed E-state index contributed by atoms with van der Waals surface area (Å²) in [4.78, 5) is 34.8. The number of amides is 1. The van der Waals surface area contributed by atoms with Crippen LogP contribution in [0.25, 0.3) is 33.2 Å². The number of benzene rings is 3. The Morgan fingerprint density at radius 3 is 2.50 bits per heavy atom. The first kappa shape index (κ1) is 17.9. The monoisotopic (exact) mass is 394 g/mol. The van der Waals surface area contributed by atoms with E-state index in [1.54, 1.807) is 18.2 Å². The molecule has 30 heavy (non-hydrogen) atoms. The highest BCUT2D eigenvalue weighted by atomic mass is 16.2. The molecule has 5 aromatic rings. The van der Waals surface area contributed by atoms with Gasteiger partial charge >= 0.3 is 5.69 Å². The zero-order valence-corrected chi connectivity index (χ0v) is 16.2. The molecule has 0 saturated heterocycles. The van der Waals surface area contributed by atoms with E-state index in [0.29, 0.717) is 22.3 Å². The fraction of sp³-hybridized carbons (Fsp3) is 0.0417. The maximum atomic E-state index is 13.2. The van der Waals surface area contributed by atoms with E-state index in [2.05, 4.69) is 15.3 Å². The minimum Gasteiger partial charge on any atom is -0.322 e. The number of pyridine rings is 1. The standard InChI is InChI=1S/C24H18N4O2/c1-14-6-8-15(9-7-14)21-13-18(17-4-2-3-5-19(17)26-21)23(29)25-16-10-11-20-22(12-16)28-24(30)27-20/h2-13H,1H3,(H,25,29)(H2,27,28,30). The van der Waals surface area contributed by atoms with Gasteiger partial charge in [-0.3, -0.25) is 4.79 Å². The van der Waals surface area contributed by atoms with Crippen molar-refractivity contribution in [2.75, 3.05) is 5.32 Å². The fourth-order valence-electron chi connectivity index (χ4n) is 3.54. The number of nitrogens with one attached hydrogen (secondary N) is 3. The molecule has 3 aromatic carbocycles. The summed E-state index contributed by atoms with van der Waals surface area (Å²) < 4.78 is 0. The zero-order chi connectivity index (χ0) is 20.7. The third-order valence-corrected chi connectivity index (χ3v) is 5.08. The first-order valence-corrected chi connectivity index (χ1v) is 9.57. The number of carbonyl (C=O) groups is 1. The minimum atomic E-state index is -0.281. The number of para-hydroxylation sites is 1. The second kappa shape index (κ2) is 7.00. The van der Waals surface area contributed by atoms with Crippen molar-refractivity contribution in [3.63, 3.8) is 0 Å². The molecule has 146 valence electrons.